The van der Waals surface area contributed by atoms with Crippen molar-refractivity contribution in [2.75, 3.05) is 14.1 Å². The number of nitrogens with zero attached hydrogens (tertiary/aromatic N) is 3. The van der Waals surface area contributed by atoms with E-state index in [9.17, 15) is 29.2 Å². The number of rotatable bonds is 5. The molecule has 2 atom stereocenters. The minimum absolute atomic E-state index is 0.0526. The van der Waals surface area contributed by atoms with Crippen LogP contribution >= 0.6 is 15.9 Å². The van der Waals surface area contributed by atoms with E-state index in [1.54, 1.807) is 24.3 Å². The summed E-state index contributed by atoms with van der Waals surface area (Å²) in [6.45, 7) is 0. The van der Waals surface area contributed by atoms with E-state index in [1.807, 2.05) is 0 Å². The molecule has 1 saturated heterocycles. The zero-order valence-electron chi connectivity index (χ0n) is 17.7. The normalized spacial score (nSPS) is 21.2. The second-order valence-corrected chi connectivity index (χ2v) is 8.89. The summed E-state index contributed by atoms with van der Waals surface area (Å²) in [5, 5.41) is 22.9. The summed E-state index contributed by atoms with van der Waals surface area (Å²) in [5.41, 5.74) is -1.28. The lowest BCUT2D eigenvalue weighted by molar-refractivity contribution is -0.383. The van der Waals surface area contributed by atoms with Crippen molar-refractivity contribution in [1.29, 1.82) is 0 Å². The zero-order chi connectivity index (χ0) is 24.1. The first kappa shape index (κ1) is 22.9. The molecule has 33 heavy (non-hydrogen) atoms. The molecular formula is C22H20BrFN4O5. The molecule has 2 aromatic carbocycles. The van der Waals surface area contributed by atoms with Gasteiger partial charge in [0, 0.05) is 37.6 Å². The molecule has 0 bridgehead atoms. The Morgan fingerprint density at radius 3 is 2.61 bits per heavy atom. The van der Waals surface area contributed by atoms with Gasteiger partial charge >= 0.3 is 0 Å². The highest BCUT2D eigenvalue weighted by molar-refractivity contribution is 9.10. The highest BCUT2D eigenvalue weighted by Crippen LogP contribution is 2.34. The lowest BCUT2D eigenvalue weighted by Crippen LogP contribution is -2.71. The van der Waals surface area contributed by atoms with Crippen molar-refractivity contribution in [3.8, 4) is 0 Å². The second kappa shape index (κ2) is 8.23. The Labute approximate surface area is 196 Å². The molecule has 1 aliphatic rings. The highest BCUT2D eigenvalue weighted by atomic mass is 79.9. The number of aliphatic hydroxyl groups is 1. The van der Waals surface area contributed by atoms with Gasteiger partial charge in [-0.05, 0) is 23.3 Å². The van der Waals surface area contributed by atoms with E-state index in [4.69, 9.17) is 0 Å². The van der Waals surface area contributed by atoms with Crippen LogP contribution in [-0.4, -0.2) is 62.5 Å². The molecule has 1 aliphatic heterocycles. The quantitative estimate of drug-likeness (QED) is 0.397. The van der Waals surface area contributed by atoms with Gasteiger partial charge in [-0.2, -0.15) is 0 Å². The predicted octanol–water partition coefficient (Wildman–Crippen LogP) is 2.75. The number of aromatic amines is 1. The predicted molar refractivity (Wildman–Crippen MR) is 121 cm³/mol. The zero-order valence-corrected chi connectivity index (χ0v) is 19.3. The third-order valence-corrected chi connectivity index (χ3v) is 6.88. The minimum atomic E-state index is -2.10. The van der Waals surface area contributed by atoms with Crippen molar-refractivity contribution in [2.45, 2.75) is 24.6 Å². The number of amides is 2. The summed E-state index contributed by atoms with van der Waals surface area (Å²) in [5.74, 6) is -1.96. The van der Waals surface area contributed by atoms with Gasteiger partial charge in [0.15, 0.2) is 0 Å². The molecule has 2 amide bonds. The number of H-pyrrole nitrogens is 1. The molecule has 2 heterocycles. The van der Waals surface area contributed by atoms with Crippen LogP contribution in [0.15, 0.2) is 47.1 Å². The number of likely N-dealkylation sites (N-methyl/N-ethyl adjacent to an activating group) is 2. The first-order chi connectivity index (χ1) is 15.5. The number of aromatic nitrogens is 1. The SMILES string of the molecule is CN1C(=O)[C@](O)(Cc2ccccc2Br)N(C)C(=O)[C@@H]1Cc1c[nH]c2cc(F)cc([N+](=O)[O-])c12. The van der Waals surface area contributed by atoms with Crippen molar-refractivity contribution in [1.82, 2.24) is 14.8 Å². The maximum atomic E-state index is 13.8. The van der Waals surface area contributed by atoms with Crippen LogP contribution in [0.5, 0.6) is 0 Å². The van der Waals surface area contributed by atoms with Crippen LogP contribution in [-0.2, 0) is 22.4 Å². The van der Waals surface area contributed by atoms with Gasteiger partial charge in [0.05, 0.1) is 21.9 Å². The first-order valence-electron chi connectivity index (χ1n) is 9.99. The Bertz CT molecular complexity index is 1300. The van der Waals surface area contributed by atoms with E-state index < -0.39 is 40.0 Å². The largest absolute Gasteiger partial charge is 0.363 e. The van der Waals surface area contributed by atoms with E-state index in [2.05, 4.69) is 20.9 Å². The molecule has 3 aromatic rings. The van der Waals surface area contributed by atoms with Gasteiger partial charge in [-0.3, -0.25) is 19.7 Å². The van der Waals surface area contributed by atoms with Crippen LogP contribution in [0.3, 0.4) is 0 Å². The smallest absolute Gasteiger partial charge is 0.281 e. The van der Waals surface area contributed by atoms with Crippen LogP contribution in [0.2, 0.25) is 0 Å². The molecule has 9 nitrogen and oxygen atoms in total. The van der Waals surface area contributed by atoms with Gasteiger partial charge in [0.25, 0.3) is 11.6 Å². The van der Waals surface area contributed by atoms with Crippen LogP contribution in [0.4, 0.5) is 10.1 Å². The molecule has 1 fully saturated rings. The summed E-state index contributed by atoms with van der Waals surface area (Å²) in [7, 11) is 2.76. The summed E-state index contributed by atoms with van der Waals surface area (Å²) >= 11 is 3.39. The Balaban J connectivity index is 1.68. The molecule has 2 N–H and O–H groups in total. The molecule has 11 heteroatoms. The topological polar surface area (TPSA) is 120 Å². The molecule has 1 aromatic heterocycles. The fraction of sp³-hybridized carbons (Fsp3) is 0.273. The average molecular weight is 519 g/mol. The third kappa shape index (κ3) is 3.76. The van der Waals surface area contributed by atoms with Crippen LogP contribution in [0.1, 0.15) is 11.1 Å². The third-order valence-electron chi connectivity index (χ3n) is 6.11. The van der Waals surface area contributed by atoms with Crippen molar-refractivity contribution < 1.29 is 24.0 Å². The fourth-order valence-corrected chi connectivity index (χ4v) is 4.68. The molecule has 0 aliphatic carbocycles. The Kier molecular flexibility index (Phi) is 5.71. The standard InChI is InChI=1S/C22H20BrFN4O5/c1-26-18(7-13-11-25-16-8-14(24)9-17(19(13)16)28(32)33)20(29)27(2)22(31,21(26)30)10-12-5-3-4-6-15(12)23/h3-6,8-9,11,18,25,31H,7,10H2,1-2H3/t18-,22+/m0/s1. The molecule has 0 unspecified atom stereocenters. The van der Waals surface area contributed by atoms with Gasteiger partial charge in [0.2, 0.25) is 11.6 Å². The molecule has 4 rings (SSSR count). The van der Waals surface area contributed by atoms with Crippen molar-refractivity contribution >= 4 is 44.3 Å². The highest BCUT2D eigenvalue weighted by Gasteiger charge is 2.53. The maximum Gasteiger partial charge on any atom is 0.281 e. The van der Waals surface area contributed by atoms with Crippen LogP contribution < -0.4 is 0 Å². The lowest BCUT2D eigenvalue weighted by Gasteiger charge is -2.47. The number of nitro groups is 1. The van der Waals surface area contributed by atoms with Gasteiger partial charge in [-0.25, -0.2) is 4.39 Å². The number of hydrogen-bond donors (Lipinski definition) is 2. The average Bonchev–Trinajstić information content (AvgIpc) is 3.17. The molecule has 0 radical (unpaired) electrons. The Hall–Kier alpha value is -3.31. The number of nitro benzene ring substituents is 1. The summed E-state index contributed by atoms with van der Waals surface area (Å²) in [6, 6.07) is 8.01. The number of non-ortho nitro benzene ring substituents is 1. The van der Waals surface area contributed by atoms with Crippen molar-refractivity contribution in [2.24, 2.45) is 0 Å². The summed E-state index contributed by atoms with van der Waals surface area (Å²) in [6.07, 6.45) is 1.29. The fourth-order valence-electron chi connectivity index (χ4n) is 4.26. The molecule has 0 spiro atoms. The number of hydrogen-bond acceptors (Lipinski definition) is 5. The second-order valence-electron chi connectivity index (χ2n) is 8.04. The van der Waals surface area contributed by atoms with Crippen LogP contribution in [0.25, 0.3) is 10.9 Å². The monoisotopic (exact) mass is 518 g/mol. The molecular weight excluding hydrogens is 499 g/mol. The Morgan fingerprint density at radius 2 is 1.94 bits per heavy atom. The summed E-state index contributed by atoms with van der Waals surface area (Å²) in [4.78, 5) is 42.3. The Morgan fingerprint density at radius 1 is 1.24 bits per heavy atom. The number of fused-ring (bicyclic) bond motifs is 1. The van der Waals surface area contributed by atoms with Gasteiger partial charge in [-0.1, -0.05) is 34.1 Å². The van der Waals surface area contributed by atoms with Crippen molar-refractivity contribution in [3.63, 3.8) is 0 Å². The van der Waals surface area contributed by atoms with Crippen molar-refractivity contribution in [3.05, 3.63) is 74.1 Å². The van der Waals surface area contributed by atoms with Gasteiger partial charge in [-0.15, -0.1) is 0 Å². The lowest BCUT2D eigenvalue weighted by atomic mass is 9.92. The minimum Gasteiger partial charge on any atom is -0.363 e. The number of carbonyl (C=O) groups is 2. The van der Waals surface area contributed by atoms with Gasteiger partial charge < -0.3 is 19.9 Å². The molecule has 172 valence electrons. The number of piperazine rings is 1. The number of benzene rings is 2. The molecule has 0 saturated carbocycles. The van der Waals surface area contributed by atoms with E-state index in [-0.39, 0.29) is 23.7 Å². The van der Waals surface area contributed by atoms with E-state index >= 15 is 0 Å². The van der Waals surface area contributed by atoms with E-state index in [0.717, 1.165) is 21.9 Å². The number of halogens is 2. The van der Waals surface area contributed by atoms with E-state index in [1.165, 1.54) is 20.3 Å². The summed E-state index contributed by atoms with van der Waals surface area (Å²) < 4.78 is 14.5. The number of carbonyl (C=O) groups excluding carboxylic acids is 2. The first-order valence-corrected chi connectivity index (χ1v) is 10.8. The maximum absolute atomic E-state index is 13.8. The number of nitrogens with one attached hydrogen (secondary N) is 1. The van der Waals surface area contributed by atoms with Crippen LogP contribution in [0, 0.1) is 15.9 Å². The van der Waals surface area contributed by atoms with E-state index in [0.29, 0.717) is 15.6 Å². The van der Waals surface area contributed by atoms with Gasteiger partial charge in [0.1, 0.15) is 11.9 Å².